The van der Waals surface area contributed by atoms with Crippen LogP contribution in [0.25, 0.3) is 0 Å². The molecule has 0 aromatic rings. The molecule has 16 heavy (non-hydrogen) atoms. The molecule has 1 aliphatic carbocycles. The zero-order chi connectivity index (χ0) is 12.0. The number of methoxy groups -OCH3 is 1. The van der Waals surface area contributed by atoms with E-state index >= 15 is 0 Å². The number of hydrogen-bond donors (Lipinski definition) is 2. The lowest BCUT2D eigenvalue weighted by molar-refractivity contribution is -0.139. The van der Waals surface area contributed by atoms with Crippen LogP contribution in [0.5, 0.6) is 0 Å². The topological polar surface area (TPSA) is 58.6 Å². The molecule has 1 atom stereocenters. The summed E-state index contributed by atoms with van der Waals surface area (Å²) in [7, 11) is 1.37. The van der Waals surface area contributed by atoms with E-state index in [2.05, 4.69) is 26.0 Å². The molecule has 0 aromatic heterocycles. The molecule has 0 heterocycles. The Morgan fingerprint density at radius 1 is 1.50 bits per heavy atom. The Balaban J connectivity index is 2.41. The lowest BCUT2D eigenvalue weighted by atomic mass is 9.82. The molecule has 94 valence electrons. The van der Waals surface area contributed by atoms with Gasteiger partial charge in [-0.2, -0.15) is 0 Å². The highest BCUT2D eigenvalue weighted by molar-refractivity contribution is 9.10. The molecule has 0 spiro atoms. The second kappa shape index (κ2) is 6.57. The molecule has 1 unspecified atom stereocenters. The van der Waals surface area contributed by atoms with Crippen LogP contribution in [-0.4, -0.2) is 41.7 Å². The molecule has 5 heteroatoms. The predicted octanol–water partition coefficient (Wildman–Crippen LogP) is 1.21. The highest BCUT2D eigenvalue weighted by Gasteiger charge is 2.32. The summed E-state index contributed by atoms with van der Waals surface area (Å²) in [4.78, 5) is 10.9. The van der Waals surface area contributed by atoms with Gasteiger partial charge in [-0.15, -0.1) is 0 Å². The van der Waals surface area contributed by atoms with Crippen LogP contribution >= 0.6 is 15.9 Å². The van der Waals surface area contributed by atoms with Crippen LogP contribution < -0.4 is 5.32 Å². The Bertz CT molecular complexity index is 229. The average Bonchev–Trinajstić information content (AvgIpc) is 2.36. The van der Waals surface area contributed by atoms with E-state index in [0.717, 1.165) is 25.7 Å². The van der Waals surface area contributed by atoms with E-state index in [1.54, 1.807) is 0 Å². The number of halogens is 1. The summed E-state index contributed by atoms with van der Waals surface area (Å²) in [5, 5.41) is 12.8. The molecule has 2 N–H and O–H groups in total. The molecule has 1 saturated carbocycles. The van der Waals surface area contributed by atoms with Crippen molar-refractivity contribution in [3.63, 3.8) is 0 Å². The minimum atomic E-state index is -0.345. The van der Waals surface area contributed by atoms with Gasteiger partial charge in [-0.3, -0.25) is 4.79 Å². The maximum Gasteiger partial charge on any atom is 0.320 e. The quantitative estimate of drug-likeness (QED) is 0.591. The number of carbonyl (C=O) groups excluding carboxylic acids is 1. The number of alkyl halides is 1. The van der Waals surface area contributed by atoms with E-state index < -0.39 is 0 Å². The number of aliphatic hydroxyl groups excluding tert-OH is 1. The Morgan fingerprint density at radius 2 is 2.12 bits per heavy atom. The number of ether oxygens (including phenoxy) is 1. The largest absolute Gasteiger partial charge is 0.468 e. The molecular formula is C11H20BrNO3. The highest BCUT2D eigenvalue weighted by atomic mass is 79.9. The van der Waals surface area contributed by atoms with Crippen molar-refractivity contribution in [1.29, 1.82) is 0 Å². The lowest BCUT2D eigenvalue weighted by Crippen LogP contribution is -2.52. The Labute approximate surface area is 105 Å². The molecule has 0 saturated heterocycles. The third-order valence-electron chi connectivity index (χ3n) is 3.23. The van der Waals surface area contributed by atoms with Crippen LogP contribution in [0, 0.1) is 0 Å². The van der Waals surface area contributed by atoms with Gasteiger partial charge in [0.15, 0.2) is 0 Å². The predicted molar refractivity (Wildman–Crippen MR) is 65.6 cm³/mol. The molecule has 0 radical (unpaired) electrons. The normalized spacial score (nSPS) is 21.4. The van der Waals surface area contributed by atoms with Gasteiger partial charge in [0.05, 0.1) is 13.7 Å². The number of esters is 1. The zero-order valence-corrected chi connectivity index (χ0v) is 11.3. The third kappa shape index (κ3) is 3.71. The second-order valence-corrected chi connectivity index (χ2v) is 5.48. The van der Waals surface area contributed by atoms with Crippen molar-refractivity contribution in [2.24, 2.45) is 0 Å². The summed E-state index contributed by atoms with van der Waals surface area (Å²) in [5.41, 5.74) is -0.196. The monoisotopic (exact) mass is 293 g/mol. The van der Waals surface area contributed by atoms with Gasteiger partial charge in [0, 0.05) is 12.1 Å². The highest BCUT2D eigenvalue weighted by Crippen LogP contribution is 2.27. The van der Waals surface area contributed by atoms with Gasteiger partial charge < -0.3 is 15.2 Å². The fourth-order valence-electron chi connectivity index (χ4n) is 2.14. The molecule has 0 amide bonds. The van der Waals surface area contributed by atoms with Gasteiger partial charge in [-0.05, 0) is 12.8 Å². The van der Waals surface area contributed by atoms with E-state index in [9.17, 15) is 9.90 Å². The molecule has 1 aliphatic rings. The van der Waals surface area contributed by atoms with E-state index in [-0.39, 0.29) is 22.9 Å². The smallest absolute Gasteiger partial charge is 0.320 e. The maximum absolute atomic E-state index is 11.2. The van der Waals surface area contributed by atoms with Crippen molar-refractivity contribution in [2.75, 3.05) is 20.3 Å². The van der Waals surface area contributed by atoms with Crippen LogP contribution in [0.1, 0.15) is 32.1 Å². The lowest BCUT2D eigenvalue weighted by Gasteiger charge is -2.37. The van der Waals surface area contributed by atoms with E-state index in [1.807, 2.05) is 0 Å². The number of aliphatic hydroxyl groups is 1. The first-order valence-electron chi connectivity index (χ1n) is 5.71. The van der Waals surface area contributed by atoms with Gasteiger partial charge in [0.2, 0.25) is 0 Å². The van der Waals surface area contributed by atoms with E-state index in [0.29, 0.717) is 6.54 Å². The van der Waals surface area contributed by atoms with Crippen molar-refractivity contribution >= 4 is 21.9 Å². The van der Waals surface area contributed by atoms with Gasteiger partial charge in [-0.1, -0.05) is 35.2 Å². The van der Waals surface area contributed by atoms with E-state index in [4.69, 9.17) is 0 Å². The SMILES string of the molecule is COC(=O)C(Br)CNC1(CO)CCCCC1. The van der Waals surface area contributed by atoms with Crippen molar-refractivity contribution < 1.29 is 14.6 Å². The molecule has 0 aromatic carbocycles. The van der Waals surface area contributed by atoms with Gasteiger partial charge in [0.1, 0.15) is 4.83 Å². The molecule has 0 aliphatic heterocycles. The summed E-state index contributed by atoms with van der Waals surface area (Å²) >= 11 is 3.26. The fraction of sp³-hybridized carbons (Fsp3) is 0.909. The second-order valence-electron chi connectivity index (χ2n) is 4.37. The molecule has 0 bridgehead atoms. The van der Waals surface area contributed by atoms with Crippen LogP contribution in [0.2, 0.25) is 0 Å². The summed E-state index contributed by atoms with van der Waals surface area (Å²) in [6.45, 7) is 0.626. The standard InChI is InChI=1S/C11H20BrNO3/c1-16-10(15)9(12)7-13-11(8-14)5-3-2-4-6-11/h9,13-14H,2-8H2,1H3. The Kier molecular flexibility index (Phi) is 5.72. The summed E-state index contributed by atoms with van der Waals surface area (Å²) < 4.78 is 4.63. The maximum atomic E-state index is 11.2. The summed E-state index contributed by atoms with van der Waals surface area (Å²) in [5.74, 6) is -0.281. The van der Waals surface area contributed by atoms with Crippen molar-refractivity contribution in [2.45, 2.75) is 42.5 Å². The first-order valence-corrected chi connectivity index (χ1v) is 6.63. The van der Waals surface area contributed by atoms with E-state index in [1.165, 1.54) is 13.5 Å². The number of hydrogen-bond acceptors (Lipinski definition) is 4. The van der Waals surface area contributed by atoms with Crippen LogP contribution in [0.4, 0.5) is 0 Å². The van der Waals surface area contributed by atoms with Crippen molar-refractivity contribution in [3.05, 3.63) is 0 Å². The molecule has 4 nitrogen and oxygen atoms in total. The molecular weight excluding hydrogens is 274 g/mol. The van der Waals surface area contributed by atoms with Gasteiger partial charge >= 0.3 is 5.97 Å². The Hall–Kier alpha value is -0.130. The number of carbonyl (C=O) groups is 1. The average molecular weight is 294 g/mol. The summed E-state index contributed by atoms with van der Waals surface area (Å²) in [6.07, 6.45) is 5.46. The fourth-order valence-corrected chi connectivity index (χ4v) is 2.49. The first kappa shape index (κ1) is 13.9. The first-order chi connectivity index (χ1) is 7.63. The number of nitrogens with one attached hydrogen (secondary N) is 1. The zero-order valence-electron chi connectivity index (χ0n) is 9.67. The van der Waals surface area contributed by atoms with Crippen molar-refractivity contribution in [1.82, 2.24) is 5.32 Å². The minimum Gasteiger partial charge on any atom is -0.468 e. The number of rotatable bonds is 5. The van der Waals surface area contributed by atoms with Gasteiger partial charge in [0.25, 0.3) is 0 Å². The van der Waals surface area contributed by atoms with Crippen LogP contribution in [-0.2, 0) is 9.53 Å². The summed E-state index contributed by atoms with van der Waals surface area (Å²) in [6, 6.07) is 0. The van der Waals surface area contributed by atoms with Crippen molar-refractivity contribution in [3.8, 4) is 0 Å². The Morgan fingerprint density at radius 3 is 2.62 bits per heavy atom. The molecule has 1 fully saturated rings. The van der Waals surface area contributed by atoms with Crippen LogP contribution in [0.15, 0.2) is 0 Å². The van der Waals surface area contributed by atoms with Gasteiger partial charge in [-0.25, -0.2) is 0 Å². The third-order valence-corrected chi connectivity index (χ3v) is 3.92. The molecule has 1 rings (SSSR count). The van der Waals surface area contributed by atoms with Crippen LogP contribution in [0.3, 0.4) is 0 Å². The minimum absolute atomic E-state index is 0.133.